The fraction of sp³-hybridized carbons (Fsp3) is 0.286. The number of hydrogen-bond acceptors (Lipinski definition) is 5. The second-order valence-electron chi connectivity index (χ2n) is 6.53. The number of thioether (sulfide) groups is 1. The van der Waals surface area contributed by atoms with Gasteiger partial charge in [-0.05, 0) is 42.8 Å². The molecule has 2 amide bonds. The summed E-state index contributed by atoms with van der Waals surface area (Å²) in [5, 5.41) is 3.46. The lowest BCUT2D eigenvalue weighted by Crippen LogP contribution is -2.35. The smallest absolute Gasteiger partial charge is 0.242 e. The first kappa shape index (κ1) is 21.4. The summed E-state index contributed by atoms with van der Waals surface area (Å²) in [5.74, 6) is -0.368. The molecule has 3 rings (SSSR count). The number of anilines is 1. The second kappa shape index (κ2) is 9.91. The van der Waals surface area contributed by atoms with Gasteiger partial charge < -0.3 is 10.1 Å². The Kier molecular flexibility index (Phi) is 7.30. The fourth-order valence-electron chi connectivity index (χ4n) is 2.82. The Labute approximate surface area is 179 Å². The van der Waals surface area contributed by atoms with Crippen LogP contribution in [0.1, 0.15) is 12.0 Å². The van der Waals surface area contributed by atoms with Crippen LogP contribution in [0, 0.1) is 6.92 Å². The normalized spacial score (nSPS) is 17.8. The first-order valence-electron chi connectivity index (χ1n) is 9.14. The van der Waals surface area contributed by atoms with Crippen LogP contribution in [0.4, 0.5) is 11.4 Å². The minimum Gasteiger partial charge on any atom is -0.383 e. The summed E-state index contributed by atoms with van der Waals surface area (Å²) in [7, 11) is 1.59. The van der Waals surface area contributed by atoms with Crippen molar-refractivity contribution < 1.29 is 14.3 Å². The lowest BCUT2D eigenvalue weighted by molar-refractivity contribution is -0.128. The zero-order chi connectivity index (χ0) is 20.8. The van der Waals surface area contributed by atoms with Gasteiger partial charge in [-0.1, -0.05) is 41.6 Å². The summed E-state index contributed by atoms with van der Waals surface area (Å²) in [6.07, 6.45) is 0.0579. The summed E-state index contributed by atoms with van der Waals surface area (Å²) >= 11 is 7.18. The van der Waals surface area contributed by atoms with Crippen molar-refractivity contribution in [1.29, 1.82) is 0 Å². The lowest BCUT2D eigenvalue weighted by atomic mass is 10.2. The van der Waals surface area contributed by atoms with Crippen molar-refractivity contribution >= 4 is 51.7 Å². The molecule has 0 aliphatic carbocycles. The molecule has 6 nitrogen and oxygen atoms in total. The highest BCUT2D eigenvalue weighted by molar-refractivity contribution is 8.15. The topological polar surface area (TPSA) is 71.0 Å². The quantitative estimate of drug-likeness (QED) is 0.711. The van der Waals surface area contributed by atoms with Gasteiger partial charge in [0, 0.05) is 24.2 Å². The van der Waals surface area contributed by atoms with E-state index in [0.29, 0.717) is 29.0 Å². The number of rotatable bonds is 7. The van der Waals surface area contributed by atoms with Gasteiger partial charge in [0.2, 0.25) is 11.8 Å². The molecular formula is C21H22ClN3O3S. The number of nitrogens with zero attached hydrogens (tertiary/aromatic N) is 2. The highest BCUT2D eigenvalue weighted by atomic mass is 35.5. The van der Waals surface area contributed by atoms with Crippen molar-refractivity contribution in [1.82, 2.24) is 4.90 Å². The molecule has 0 bridgehead atoms. The van der Waals surface area contributed by atoms with E-state index in [1.807, 2.05) is 31.2 Å². The summed E-state index contributed by atoms with van der Waals surface area (Å²) in [6, 6.07) is 14.6. The minimum absolute atomic E-state index is 0.0579. The maximum atomic E-state index is 12.9. The van der Waals surface area contributed by atoms with Gasteiger partial charge in [0.25, 0.3) is 0 Å². The number of methoxy groups -OCH3 is 1. The molecule has 8 heteroatoms. The fourth-order valence-corrected chi connectivity index (χ4v) is 4.12. The van der Waals surface area contributed by atoms with Crippen LogP contribution < -0.4 is 5.32 Å². The molecule has 1 N–H and O–H groups in total. The highest BCUT2D eigenvalue weighted by Crippen LogP contribution is 2.32. The van der Waals surface area contributed by atoms with Crippen LogP contribution in [0.15, 0.2) is 53.5 Å². The SMILES string of the molecule is COCCN1C(=O)C(CC(=O)Nc2ccc(Cl)cc2)SC1=Nc1ccccc1C. The summed E-state index contributed by atoms with van der Waals surface area (Å²) in [5.41, 5.74) is 2.46. The molecule has 0 aromatic heterocycles. The third-order valence-electron chi connectivity index (χ3n) is 4.37. The Morgan fingerprint density at radius 1 is 1.24 bits per heavy atom. The number of carbonyl (C=O) groups excluding carboxylic acids is 2. The molecule has 29 heavy (non-hydrogen) atoms. The Balaban J connectivity index is 1.74. The Morgan fingerprint density at radius 3 is 2.66 bits per heavy atom. The number of ether oxygens (including phenoxy) is 1. The number of aryl methyl sites for hydroxylation is 1. The first-order chi connectivity index (χ1) is 14.0. The first-order valence-corrected chi connectivity index (χ1v) is 10.4. The third kappa shape index (κ3) is 5.59. The van der Waals surface area contributed by atoms with Crippen LogP contribution in [0.25, 0.3) is 0 Å². The molecule has 1 saturated heterocycles. The van der Waals surface area contributed by atoms with Crippen LogP contribution in [0.5, 0.6) is 0 Å². The Hall–Kier alpha value is -2.35. The van der Waals surface area contributed by atoms with Gasteiger partial charge in [-0.3, -0.25) is 14.5 Å². The largest absolute Gasteiger partial charge is 0.383 e. The van der Waals surface area contributed by atoms with E-state index in [2.05, 4.69) is 10.3 Å². The average Bonchev–Trinajstić information content (AvgIpc) is 2.98. The molecule has 1 aliphatic heterocycles. The van der Waals surface area contributed by atoms with Crippen LogP contribution in [0.3, 0.4) is 0 Å². The molecule has 1 aliphatic rings. The zero-order valence-electron chi connectivity index (χ0n) is 16.2. The maximum absolute atomic E-state index is 12.9. The van der Waals surface area contributed by atoms with Crippen molar-refractivity contribution in [2.24, 2.45) is 4.99 Å². The number of para-hydroxylation sites is 1. The highest BCUT2D eigenvalue weighted by Gasteiger charge is 2.39. The molecule has 0 saturated carbocycles. The van der Waals surface area contributed by atoms with Crippen LogP contribution in [-0.2, 0) is 14.3 Å². The minimum atomic E-state index is -0.526. The van der Waals surface area contributed by atoms with Crippen molar-refractivity contribution in [2.45, 2.75) is 18.6 Å². The predicted octanol–water partition coefficient (Wildman–Crippen LogP) is 4.26. The van der Waals surface area contributed by atoms with Crippen molar-refractivity contribution in [3.63, 3.8) is 0 Å². The molecule has 2 aromatic rings. The van der Waals surface area contributed by atoms with Gasteiger partial charge in [0.05, 0.1) is 18.8 Å². The van der Waals surface area contributed by atoms with E-state index in [-0.39, 0.29) is 18.2 Å². The molecule has 1 heterocycles. The van der Waals surface area contributed by atoms with Crippen LogP contribution in [-0.4, -0.2) is 47.4 Å². The number of carbonyl (C=O) groups is 2. The van der Waals surface area contributed by atoms with Gasteiger partial charge in [-0.25, -0.2) is 4.99 Å². The number of amidine groups is 1. The molecular weight excluding hydrogens is 410 g/mol. The van der Waals surface area contributed by atoms with E-state index < -0.39 is 5.25 Å². The van der Waals surface area contributed by atoms with Gasteiger partial charge >= 0.3 is 0 Å². The third-order valence-corrected chi connectivity index (χ3v) is 5.80. The van der Waals surface area contributed by atoms with Gasteiger partial charge in [-0.15, -0.1) is 0 Å². The number of aliphatic imine (C=N–C) groups is 1. The second-order valence-corrected chi connectivity index (χ2v) is 8.14. The molecule has 1 fully saturated rings. The van der Waals surface area contributed by atoms with Gasteiger partial charge in [-0.2, -0.15) is 0 Å². The number of halogens is 1. The Morgan fingerprint density at radius 2 is 1.97 bits per heavy atom. The van der Waals surface area contributed by atoms with E-state index in [4.69, 9.17) is 16.3 Å². The summed E-state index contributed by atoms with van der Waals surface area (Å²) in [6.45, 7) is 2.75. The number of hydrogen-bond donors (Lipinski definition) is 1. The molecule has 0 radical (unpaired) electrons. The predicted molar refractivity (Wildman–Crippen MR) is 118 cm³/mol. The van der Waals surface area contributed by atoms with Crippen molar-refractivity contribution in [3.8, 4) is 0 Å². The standard InChI is InChI=1S/C21H22ClN3O3S/c1-14-5-3-4-6-17(14)24-21-25(11-12-28-2)20(27)18(29-21)13-19(26)23-16-9-7-15(22)8-10-16/h3-10,18H,11-13H2,1-2H3,(H,23,26). The zero-order valence-corrected chi connectivity index (χ0v) is 17.8. The van der Waals surface area contributed by atoms with Crippen LogP contribution in [0.2, 0.25) is 5.02 Å². The average molecular weight is 432 g/mol. The van der Waals surface area contributed by atoms with Crippen molar-refractivity contribution in [3.05, 3.63) is 59.1 Å². The molecule has 152 valence electrons. The molecule has 1 unspecified atom stereocenters. The number of nitrogens with one attached hydrogen (secondary N) is 1. The lowest BCUT2D eigenvalue weighted by Gasteiger charge is -2.16. The van der Waals surface area contributed by atoms with E-state index in [0.717, 1.165) is 11.3 Å². The molecule has 1 atom stereocenters. The Bertz CT molecular complexity index is 918. The monoisotopic (exact) mass is 431 g/mol. The van der Waals surface area contributed by atoms with E-state index >= 15 is 0 Å². The van der Waals surface area contributed by atoms with Crippen molar-refractivity contribution in [2.75, 3.05) is 25.6 Å². The van der Waals surface area contributed by atoms with E-state index in [9.17, 15) is 9.59 Å². The number of amides is 2. The summed E-state index contributed by atoms with van der Waals surface area (Å²) in [4.78, 5) is 31.6. The summed E-state index contributed by atoms with van der Waals surface area (Å²) < 4.78 is 5.13. The molecule has 2 aromatic carbocycles. The molecule has 0 spiro atoms. The van der Waals surface area contributed by atoms with Crippen LogP contribution >= 0.6 is 23.4 Å². The number of benzene rings is 2. The van der Waals surface area contributed by atoms with Gasteiger partial charge in [0.1, 0.15) is 5.25 Å². The van der Waals surface area contributed by atoms with Gasteiger partial charge in [0.15, 0.2) is 5.17 Å². The van der Waals surface area contributed by atoms with E-state index in [1.165, 1.54) is 11.8 Å². The van der Waals surface area contributed by atoms with E-state index in [1.54, 1.807) is 36.3 Å². The maximum Gasteiger partial charge on any atom is 0.242 e.